The fourth-order valence-corrected chi connectivity index (χ4v) is 2.64. The largest absolute Gasteiger partial charge is 0.478 e. The fraction of sp³-hybridized carbons (Fsp3) is 0.333. The van der Waals surface area contributed by atoms with Gasteiger partial charge in [-0.05, 0) is 18.6 Å². The maximum absolute atomic E-state index is 11.8. The molecule has 90 valence electrons. The van der Waals surface area contributed by atoms with Gasteiger partial charge in [-0.3, -0.25) is 4.79 Å². The van der Waals surface area contributed by atoms with Gasteiger partial charge in [0.15, 0.2) is 0 Å². The van der Waals surface area contributed by atoms with Crippen molar-refractivity contribution >= 4 is 33.5 Å². The lowest BCUT2D eigenvalue weighted by atomic mass is 10.1. The van der Waals surface area contributed by atoms with Gasteiger partial charge in [0, 0.05) is 17.8 Å². The molecule has 4 nitrogen and oxygen atoms in total. The van der Waals surface area contributed by atoms with Crippen molar-refractivity contribution < 1.29 is 14.7 Å². The molecule has 1 fully saturated rings. The lowest BCUT2D eigenvalue weighted by Crippen LogP contribution is -2.27. The highest BCUT2D eigenvalue weighted by Crippen LogP contribution is 2.31. The first-order chi connectivity index (χ1) is 8.00. The second-order valence-corrected chi connectivity index (χ2v) is 5.38. The molecule has 17 heavy (non-hydrogen) atoms. The van der Waals surface area contributed by atoms with Crippen molar-refractivity contribution in [2.45, 2.75) is 18.2 Å². The van der Waals surface area contributed by atoms with Crippen molar-refractivity contribution in [3.63, 3.8) is 0 Å². The van der Waals surface area contributed by atoms with Gasteiger partial charge in [0.05, 0.1) is 11.3 Å². The lowest BCUT2D eigenvalue weighted by Gasteiger charge is -2.20. The highest BCUT2D eigenvalue weighted by Gasteiger charge is 2.32. The van der Waals surface area contributed by atoms with E-state index in [4.69, 9.17) is 5.11 Å². The van der Waals surface area contributed by atoms with Crippen LogP contribution in [0.15, 0.2) is 18.2 Å². The van der Waals surface area contributed by atoms with Crippen LogP contribution in [-0.2, 0) is 4.79 Å². The first-order valence-corrected chi connectivity index (χ1v) is 6.19. The molecule has 5 heteroatoms. The number of aromatic carboxylic acids is 1. The summed E-state index contributed by atoms with van der Waals surface area (Å²) >= 11 is 3.39. The van der Waals surface area contributed by atoms with E-state index < -0.39 is 5.97 Å². The lowest BCUT2D eigenvalue weighted by molar-refractivity contribution is -0.117. The summed E-state index contributed by atoms with van der Waals surface area (Å²) in [7, 11) is 0. The number of alkyl halides is 1. The maximum atomic E-state index is 11.8. The van der Waals surface area contributed by atoms with Crippen LogP contribution in [0, 0.1) is 6.92 Å². The summed E-state index contributed by atoms with van der Waals surface area (Å²) in [4.78, 5) is 24.6. The summed E-state index contributed by atoms with van der Waals surface area (Å²) in [6.07, 6.45) is 0.410. The number of carboxylic acids is 1. The van der Waals surface area contributed by atoms with Crippen LogP contribution in [0.2, 0.25) is 0 Å². The van der Waals surface area contributed by atoms with Crippen LogP contribution < -0.4 is 4.90 Å². The second-order valence-electron chi connectivity index (χ2n) is 4.08. The maximum Gasteiger partial charge on any atom is 0.337 e. The molecule has 0 bridgehead atoms. The van der Waals surface area contributed by atoms with Gasteiger partial charge in [-0.25, -0.2) is 4.79 Å². The predicted octanol–water partition coefficient (Wildman–Crippen LogP) is 2.19. The molecular weight excluding hydrogens is 286 g/mol. The van der Waals surface area contributed by atoms with Crippen LogP contribution in [0.4, 0.5) is 5.69 Å². The molecule has 1 atom stereocenters. The number of carboxylic acid groups (broad SMARTS) is 1. The zero-order chi connectivity index (χ0) is 12.6. The Morgan fingerprint density at radius 1 is 1.53 bits per heavy atom. The van der Waals surface area contributed by atoms with Crippen molar-refractivity contribution in [2.75, 3.05) is 11.4 Å². The first kappa shape index (κ1) is 12.1. The Bertz CT molecular complexity index is 487. The molecule has 1 aromatic rings. The second kappa shape index (κ2) is 4.49. The number of amides is 1. The zero-order valence-electron chi connectivity index (χ0n) is 9.31. The van der Waals surface area contributed by atoms with Crippen LogP contribution >= 0.6 is 15.9 Å². The Morgan fingerprint density at radius 2 is 2.24 bits per heavy atom. The van der Waals surface area contributed by atoms with E-state index in [2.05, 4.69) is 15.9 Å². The molecule has 1 aliphatic heterocycles. The molecular formula is C12H12BrNO3. The molecule has 1 amide bonds. The Labute approximate surface area is 107 Å². The number of para-hydroxylation sites is 1. The molecule has 0 aliphatic carbocycles. The van der Waals surface area contributed by atoms with Gasteiger partial charge in [0.1, 0.15) is 0 Å². The van der Waals surface area contributed by atoms with E-state index in [0.29, 0.717) is 18.7 Å². The van der Waals surface area contributed by atoms with Crippen LogP contribution in [0.25, 0.3) is 0 Å². The van der Waals surface area contributed by atoms with Crippen molar-refractivity contribution in [3.8, 4) is 0 Å². The Hall–Kier alpha value is -1.36. The Balaban J connectivity index is 2.51. The molecule has 0 spiro atoms. The molecule has 1 N–H and O–H groups in total. The summed E-state index contributed by atoms with van der Waals surface area (Å²) < 4.78 is 0. The molecule has 1 aromatic carbocycles. The number of anilines is 1. The van der Waals surface area contributed by atoms with Gasteiger partial charge in [0.25, 0.3) is 0 Å². The number of carbonyl (C=O) groups excluding carboxylic acids is 1. The number of hydrogen-bond acceptors (Lipinski definition) is 2. The van der Waals surface area contributed by atoms with Crippen LogP contribution in [0.5, 0.6) is 0 Å². The van der Waals surface area contributed by atoms with E-state index >= 15 is 0 Å². The number of carbonyl (C=O) groups is 2. The quantitative estimate of drug-likeness (QED) is 0.852. The standard InChI is InChI=1S/C12H12BrNO3/c1-7-3-2-4-9(12(16)17)11(7)14-6-8(13)5-10(14)15/h2-4,8H,5-6H2,1H3,(H,16,17). The minimum absolute atomic E-state index is 0.0383. The zero-order valence-corrected chi connectivity index (χ0v) is 10.9. The molecule has 0 aromatic heterocycles. The predicted molar refractivity (Wildman–Crippen MR) is 67.8 cm³/mol. The molecule has 0 saturated carbocycles. The highest BCUT2D eigenvalue weighted by atomic mass is 79.9. The van der Waals surface area contributed by atoms with Crippen LogP contribution in [0.1, 0.15) is 22.3 Å². The normalized spacial score (nSPS) is 19.8. The molecule has 1 saturated heterocycles. The monoisotopic (exact) mass is 297 g/mol. The van der Waals surface area contributed by atoms with E-state index in [1.807, 2.05) is 13.0 Å². The summed E-state index contributed by atoms with van der Waals surface area (Å²) in [5.74, 6) is -1.04. The number of benzene rings is 1. The summed E-state index contributed by atoms with van der Waals surface area (Å²) in [5, 5.41) is 9.15. The van der Waals surface area contributed by atoms with E-state index in [0.717, 1.165) is 5.56 Å². The number of rotatable bonds is 2. The molecule has 1 heterocycles. The summed E-state index contributed by atoms with van der Waals surface area (Å²) in [6.45, 7) is 2.33. The van der Waals surface area contributed by atoms with E-state index in [1.165, 1.54) is 6.07 Å². The van der Waals surface area contributed by atoms with Gasteiger partial charge in [-0.2, -0.15) is 0 Å². The average Bonchev–Trinajstić information content (AvgIpc) is 2.57. The van der Waals surface area contributed by atoms with Gasteiger partial charge in [-0.1, -0.05) is 28.1 Å². The molecule has 1 aliphatic rings. The van der Waals surface area contributed by atoms with Gasteiger partial charge in [-0.15, -0.1) is 0 Å². The van der Waals surface area contributed by atoms with E-state index in [-0.39, 0.29) is 16.3 Å². The van der Waals surface area contributed by atoms with Crippen LogP contribution in [0.3, 0.4) is 0 Å². The third kappa shape index (κ3) is 2.20. The third-order valence-corrected chi connectivity index (χ3v) is 3.43. The minimum Gasteiger partial charge on any atom is -0.478 e. The van der Waals surface area contributed by atoms with E-state index in [9.17, 15) is 9.59 Å². The molecule has 0 radical (unpaired) electrons. The van der Waals surface area contributed by atoms with Crippen molar-refractivity contribution in [1.82, 2.24) is 0 Å². The number of nitrogens with zero attached hydrogens (tertiary/aromatic N) is 1. The summed E-state index contributed by atoms with van der Waals surface area (Å²) in [5.41, 5.74) is 1.51. The summed E-state index contributed by atoms with van der Waals surface area (Å²) in [6, 6.07) is 5.03. The first-order valence-electron chi connectivity index (χ1n) is 5.28. The number of halogens is 1. The number of hydrogen-bond donors (Lipinski definition) is 1. The van der Waals surface area contributed by atoms with Crippen molar-refractivity contribution in [2.24, 2.45) is 0 Å². The van der Waals surface area contributed by atoms with Gasteiger partial charge < -0.3 is 10.0 Å². The van der Waals surface area contributed by atoms with Crippen molar-refractivity contribution in [1.29, 1.82) is 0 Å². The Morgan fingerprint density at radius 3 is 2.76 bits per heavy atom. The minimum atomic E-state index is -1.01. The third-order valence-electron chi connectivity index (χ3n) is 2.82. The fourth-order valence-electron chi connectivity index (χ4n) is 2.07. The van der Waals surface area contributed by atoms with E-state index in [1.54, 1.807) is 11.0 Å². The average molecular weight is 298 g/mol. The number of aryl methyl sites for hydroxylation is 1. The van der Waals surface area contributed by atoms with Crippen molar-refractivity contribution in [3.05, 3.63) is 29.3 Å². The molecule has 1 unspecified atom stereocenters. The smallest absolute Gasteiger partial charge is 0.337 e. The highest BCUT2D eigenvalue weighted by molar-refractivity contribution is 9.09. The van der Waals surface area contributed by atoms with Gasteiger partial charge >= 0.3 is 5.97 Å². The Kier molecular flexibility index (Phi) is 3.19. The molecule has 2 rings (SSSR count). The topological polar surface area (TPSA) is 57.6 Å². The van der Waals surface area contributed by atoms with Crippen LogP contribution in [-0.4, -0.2) is 28.4 Å². The van der Waals surface area contributed by atoms with Gasteiger partial charge in [0.2, 0.25) is 5.91 Å². The SMILES string of the molecule is Cc1cccc(C(=O)O)c1N1CC(Br)CC1=O.